The van der Waals surface area contributed by atoms with Gasteiger partial charge >= 0.3 is 0 Å². The molecule has 2 amide bonds. The highest BCUT2D eigenvalue weighted by Gasteiger charge is 2.19. The summed E-state index contributed by atoms with van der Waals surface area (Å²) in [5.74, 6) is -0.395. The maximum absolute atomic E-state index is 12.0. The zero-order valence-electron chi connectivity index (χ0n) is 10.4. The number of amides is 2. The van der Waals surface area contributed by atoms with Crippen LogP contribution in [0, 0.1) is 0 Å². The van der Waals surface area contributed by atoms with Gasteiger partial charge in [-0.15, -0.1) is 0 Å². The van der Waals surface area contributed by atoms with E-state index in [1.165, 1.54) is 0 Å². The first-order chi connectivity index (χ1) is 9.06. The Morgan fingerprint density at radius 2 is 2.05 bits per heavy atom. The van der Waals surface area contributed by atoms with Crippen molar-refractivity contribution >= 4 is 33.5 Å². The number of rotatable bonds is 3. The first kappa shape index (κ1) is 13.7. The Bertz CT molecular complexity index is 525. The van der Waals surface area contributed by atoms with E-state index in [4.69, 9.17) is 0 Å². The summed E-state index contributed by atoms with van der Waals surface area (Å²) in [5.41, 5.74) is 3.69. The number of carbonyl (C=O) groups is 2. The monoisotopic (exact) mass is 323 g/mol. The minimum atomic E-state index is -0.240. The van der Waals surface area contributed by atoms with Crippen molar-refractivity contribution in [3.63, 3.8) is 0 Å². The molecule has 0 spiro atoms. The van der Waals surface area contributed by atoms with Crippen LogP contribution in [0.5, 0.6) is 0 Å². The summed E-state index contributed by atoms with van der Waals surface area (Å²) in [6.07, 6.45) is 0.684. The zero-order chi connectivity index (χ0) is 13.8. The molecule has 0 saturated heterocycles. The Hall–Kier alpha value is -1.69. The van der Waals surface area contributed by atoms with Crippen molar-refractivity contribution in [3.05, 3.63) is 34.3 Å². The van der Waals surface area contributed by atoms with Crippen LogP contribution in [0.4, 0.5) is 0 Å². The van der Waals surface area contributed by atoms with Crippen molar-refractivity contribution in [1.29, 1.82) is 0 Å². The molecule has 6 heteroatoms. The van der Waals surface area contributed by atoms with Gasteiger partial charge in [0.15, 0.2) is 0 Å². The molecular formula is C13H14BrN3O2. The highest BCUT2D eigenvalue weighted by atomic mass is 79.9. The molecule has 0 saturated carbocycles. The number of carbonyl (C=O) groups excluding carboxylic acids is 2. The third-order valence-corrected chi connectivity index (χ3v) is 3.41. The average Bonchev–Trinajstić information content (AvgIpc) is 2.40. The van der Waals surface area contributed by atoms with E-state index in [1.807, 2.05) is 31.2 Å². The van der Waals surface area contributed by atoms with E-state index in [2.05, 4.69) is 31.8 Å². The fourth-order valence-electron chi connectivity index (χ4n) is 1.75. The van der Waals surface area contributed by atoms with E-state index >= 15 is 0 Å². The number of nitrogens with one attached hydrogen (secondary N) is 2. The largest absolute Gasteiger partial charge is 0.344 e. The highest BCUT2D eigenvalue weighted by Crippen LogP contribution is 2.16. The van der Waals surface area contributed by atoms with E-state index in [0.29, 0.717) is 18.6 Å². The van der Waals surface area contributed by atoms with Crippen LogP contribution in [0.2, 0.25) is 0 Å². The van der Waals surface area contributed by atoms with Crippen molar-refractivity contribution in [2.24, 2.45) is 5.10 Å². The summed E-state index contributed by atoms with van der Waals surface area (Å²) in [5, 5.41) is 6.63. The fourth-order valence-corrected chi connectivity index (χ4v) is 2.02. The minimum Gasteiger partial charge on any atom is -0.344 e. The molecule has 0 aromatic heterocycles. The van der Waals surface area contributed by atoms with Crippen LogP contribution in [0.1, 0.15) is 31.4 Å². The first-order valence-electron chi connectivity index (χ1n) is 5.98. The van der Waals surface area contributed by atoms with Crippen LogP contribution in [0.15, 0.2) is 33.8 Å². The lowest BCUT2D eigenvalue weighted by Gasteiger charge is -2.17. The molecule has 0 bridgehead atoms. The first-order valence-corrected chi connectivity index (χ1v) is 6.77. The molecule has 1 aliphatic rings. The molecule has 0 fully saturated rings. The molecule has 19 heavy (non-hydrogen) atoms. The van der Waals surface area contributed by atoms with Gasteiger partial charge in [0.05, 0.1) is 6.04 Å². The quantitative estimate of drug-likeness (QED) is 0.891. The Labute approximate surface area is 119 Å². The normalized spacial score (nSPS) is 16.3. The Morgan fingerprint density at radius 1 is 1.37 bits per heavy atom. The van der Waals surface area contributed by atoms with Crippen molar-refractivity contribution in [2.45, 2.75) is 25.8 Å². The van der Waals surface area contributed by atoms with E-state index in [1.54, 1.807) is 0 Å². The molecule has 1 aromatic carbocycles. The van der Waals surface area contributed by atoms with Gasteiger partial charge in [-0.2, -0.15) is 5.10 Å². The predicted molar refractivity (Wildman–Crippen MR) is 75.5 cm³/mol. The number of benzene rings is 1. The third-order valence-electron chi connectivity index (χ3n) is 2.88. The van der Waals surface area contributed by atoms with Crippen molar-refractivity contribution in [3.8, 4) is 0 Å². The maximum Gasteiger partial charge on any atom is 0.267 e. The topological polar surface area (TPSA) is 70.6 Å². The molecule has 2 rings (SSSR count). The summed E-state index contributed by atoms with van der Waals surface area (Å²) in [7, 11) is 0. The molecule has 1 unspecified atom stereocenters. The Kier molecular flexibility index (Phi) is 4.31. The molecule has 1 aromatic rings. The number of halogens is 1. The number of hydrogen-bond donors (Lipinski definition) is 2. The minimum absolute atomic E-state index is 0.110. The van der Waals surface area contributed by atoms with Gasteiger partial charge in [0.2, 0.25) is 5.91 Å². The molecule has 2 N–H and O–H groups in total. The van der Waals surface area contributed by atoms with E-state index in [9.17, 15) is 9.59 Å². The summed E-state index contributed by atoms with van der Waals surface area (Å²) >= 11 is 3.37. The number of hydrazone groups is 1. The smallest absolute Gasteiger partial charge is 0.267 e. The number of hydrogen-bond acceptors (Lipinski definition) is 3. The summed E-state index contributed by atoms with van der Waals surface area (Å²) in [6.45, 7) is 1.91. The molecule has 5 nitrogen and oxygen atoms in total. The van der Waals surface area contributed by atoms with E-state index in [0.717, 1.165) is 10.0 Å². The van der Waals surface area contributed by atoms with E-state index in [-0.39, 0.29) is 17.9 Å². The second kappa shape index (κ2) is 5.97. The highest BCUT2D eigenvalue weighted by molar-refractivity contribution is 9.10. The van der Waals surface area contributed by atoms with Crippen LogP contribution < -0.4 is 10.7 Å². The molecule has 100 valence electrons. The second-order valence-electron chi connectivity index (χ2n) is 4.34. The van der Waals surface area contributed by atoms with Gasteiger partial charge in [0.1, 0.15) is 5.71 Å². The SMILES string of the molecule is CC(NC(=O)C1=NNC(=O)CC1)c1ccc(Br)cc1. The van der Waals surface area contributed by atoms with Gasteiger partial charge in [-0.1, -0.05) is 28.1 Å². The fraction of sp³-hybridized carbons (Fsp3) is 0.308. The van der Waals surface area contributed by atoms with E-state index < -0.39 is 0 Å². The molecular weight excluding hydrogens is 310 g/mol. The van der Waals surface area contributed by atoms with Gasteiger partial charge in [-0.05, 0) is 24.6 Å². The van der Waals surface area contributed by atoms with Gasteiger partial charge < -0.3 is 5.32 Å². The zero-order valence-corrected chi connectivity index (χ0v) is 12.0. The molecule has 1 heterocycles. The van der Waals surface area contributed by atoms with Gasteiger partial charge in [-0.3, -0.25) is 9.59 Å². The second-order valence-corrected chi connectivity index (χ2v) is 5.26. The van der Waals surface area contributed by atoms with Crippen LogP contribution in [0.25, 0.3) is 0 Å². The van der Waals surface area contributed by atoms with Gasteiger partial charge in [0.25, 0.3) is 5.91 Å². The van der Waals surface area contributed by atoms with Crippen molar-refractivity contribution in [2.75, 3.05) is 0 Å². The summed E-state index contributed by atoms with van der Waals surface area (Å²) < 4.78 is 0.995. The predicted octanol–water partition coefficient (Wildman–Crippen LogP) is 1.89. The lowest BCUT2D eigenvalue weighted by Crippen LogP contribution is -2.37. The van der Waals surface area contributed by atoms with Gasteiger partial charge in [-0.25, -0.2) is 5.43 Å². The lowest BCUT2D eigenvalue weighted by molar-refractivity contribution is -0.121. The Morgan fingerprint density at radius 3 is 2.63 bits per heavy atom. The molecule has 0 radical (unpaired) electrons. The van der Waals surface area contributed by atoms with Crippen molar-refractivity contribution in [1.82, 2.24) is 10.7 Å². The molecule has 1 atom stereocenters. The van der Waals surface area contributed by atoms with Crippen LogP contribution in [-0.2, 0) is 9.59 Å². The number of nitrogens with zero attached hydrogens (tertiary/aromatic N) is 1. The summed E-state index contributed by atoms with van der Waals surface area (Å²) in [6, 6.07) is 7.63. The van der Waals surface area contributed by atoms with Crippen LogP contribution in [-0.4, -0.2) is 17.5 Å². The van der Waals surface area contributed by atoms with Gasteiger partial charge in [0, 0.05) is 17.3 Å². The van der Waals surface area contributed by atoms with Crippen LogP contribution >= 0.6 is 15.9 Å². The van der Waals surface area contributed by atoms with Crippen LogP contribution in [0.3, 0.4) is 0 Å². The third kappa shape index (κ3) is 3.64. The molecule has 0 aliphatic carbocycles. The maximum atomic E-state index is 12.0. The Balaban J connectivity index is 1.99. The summed E-state index contributed by atoms with van der Waals surface area (Å²) in [4.78, 5) is 22.9. The molecule has 1 aliphatic heterocycles. The standard InChI is InChI=1S/C13H14BrN3O2/c1-8(9-2-4-10(14)5-3-9)15-13(19)11-6-7-12(18)17-16-11/h2-5,8H,6-7H2,1H3,(H,15,19)(H,17,18). The van der Waals surface area contributed by atoms with Crippen molar-refractivity contribution < 1.29 is 9.59 Å². The lowest BCUT2D eigenvalue weighted by atomic mass is 10.1. The average molecular weight is 324 g/mol.